The molecular formula is C11H9ClN2O. The molecule has 15 heavy (non-hydrogen) atoms. The van der Waals surface area contributed by atoms with Gasteiger partial charge in [0, 0.05) is 17.6 Å². The van der Waals surface area contributed by atoms with E-state index in [0.29, 0.717) is 16.3 Å². The lowest BCUT2D eigenvalue weighted by Gasteiger charge is -2.01. The van der Waals surface area contributed by atoms with Gasteiger partial charge in [-0.25, -0.2) is 4.98 Å². The van der Waals surface area contributed by atoms with Crippen molar-refractivity contribution in [2.75, 3.05) is 0 Å². The molecule has 2 rings (SSSR count). The molecule has 3 nitrogen and oxygen atoms in total. The molecule has 0 bridgehead atoms. The summed E-state index contributed by atoms with van der Waals surface area (Å²) in [6.07, 6.45) is 3.14. The van der Waals surface area contributed by atoms with Gasteiger partial charge in [0.25, 0.3) is 0 Å². The number of benzene rings is 1. The molecule has 0 radical (unpaired) electrons. The summed E-state index contributed by atoms with van der Waals surface area (Å²) in [5, 5.41) is 0.558. The molecule has 1 aromatic heterocycles. The molecule has 0 spiro atoms. The third-order valence-corrected chi connectivity index (χ3v) is 2.37. The first kappa shape index (κ1) is 9.93. The number of carbonyl (C=O) groups excluding carboxylic acids is 1. The molecule has 4 heteroatoms. The molecule has 0 aliphatic rings. The van der Waals surface area contributed by atoms with Gasteiger partial charge in [-0.3, -0.25) is 4.79 Å². The maximum atomic E-state index is 12.0. The van der Waals surface area contributed by atoms with E-state index in [0.717, 1.165) is 0 Å². The summed E-state index contributed by atoms with van der Waals surface area (Å²) in [4.78, 5) is 15.9. The lowest BCUT2D eigenvalue weighted by atomic mass is 10.1. The first-order valence-electron chi connectivity index (χ1n) is 4.45. The quantitative estimate of drug-likeness (QED) is 0.728. The van der Waals surface area contributed by atoms with Gasteiger partial charge in [-0.1, -0.05) is 23.7 Å². The predicted octanol–water partition coefficient (Wildman–Crippen LogP) is 2.30. The van der Waals surface area contributed by atoms with Crippen molar-refractivity contribution >= 4 is 17.4 Å². The average molecular weight is 221 g/mol. The second-order valence-corrected chi connectivity index (χ2v) is 3.67. The summed E-state index contributed by atoms with van der Waals surface area (Å²) in [6, 6.07) is 6.88. The summed E-state index contributed by atoms with van der Waals surface area (Å²) >= 11 is 5.82. The van der Waals surface area contributed by atoms with Crippen molar-refractivity contribution in [3.63, 3.8) is 0 Å². The molecule has 0 aliphatic heterocycles. The Morgan fingerprint density at radius 2 is 2.27 bits per heavy atom. The number of hydrogen-bond donors (Lipinski definition) is 0. The van der Waals surface area contributed by atoms with Gasteiger partial charge in [0.1, 0.15) is 5.69 Å². The van der Waals surface area contributed by atoms with Crippen molar-refractivity contribution in [3.05, 3.63) is 53.1 Å². The molecule has 0 saturated carbocycles. The smallest absolute Gasteiger partial charge is 0.211 e. The highest BCUT2D eigenvalue weighted by molar-refractivity contribution is 6.31. The topological polar surface area (TPSA) is 34.9 Å². The minimum Gasteiger partial charge on any atom is -0.331 e. The number of rotatable bonds is 2. The molecule has 2 aromatic rings. The van der Waals surface area contributed by atoms with Gasteiger partial charge < -0.3 is 4.57 Å². The Labute approximate surface area is 92.3 Å². The first-order chi connectivity index (χ1) is 7.18. The van der Waals surface area contributed by atoms with E-state index >= 15 is 0 Å². The largest absolute Gasteiger partial charge is 0.331 e. The average Bonchev–Trinajstić information content (AvgIpc) is 2.63. The van der Waals surface area contributed by atoms with Crippen LogP contribution in [0, 0.1) is 0 Å². The third kappa shape index (κ3) is 1.92. The number of halogens is 1. The Hall–Kier alpha value is -1.61. The second kappa shape index (κ2) is 3.87. The number of carbonyl (C=O) groups is 1. The molecule has 0 saturated heterocycles. The standard InChI is InChI=1S/C11H9ClN2O/c1-14-7-13-6-10(14)11(15)8-3-2-4-9(12)5-8/h2-7H,1H3. The normalized spacial score (nSPS) is 10.3. The molecular weight excluding hydrogens is 212 g/mol. The van der Waals surface area contributed by atoms with Crippen LogP contribution in [0.4, 0.5) is 0 Å². The number of ketones is 1. The van der Waals surface area contributed by atoms with Crippen molar-refractivity contribution in [1.82, 2.24) is 9.55 Å². The number of aromatic nitrogens is 2. The first-order valence-corrected chi connectivity index (χ1v) is 4.83. The SMILES string of the molecule is Cn1cncc1C(=O)c1cccc(Cl)c1. The zero-order valence-electron chi connectivity index (χ0n) is 8.14. The Kier molecular flexibility index (Phi) is 2.56. The van der Waals surface area contributed by atoms with E-state index in [1.54, 1.807) is 48.4 Å². The second-order valence-electron chi connectivity index (χ2n) is 3.23. The lowest BCUT2D eigenvalue weighted by molar-refractivity contribution is 0.103. The van der Waals surface area contributed by atoms with E-state index < -0.39 is 0 Å². The van der Waals surface area contributed by atoms with Gasteiger partial charge in [-0.05, 0) is 12.1 Å². The summed E-state index contributed by atoms with van der Waals surface area (Å²) in [5.74, 6) is -0.0718. The zero-order valence-corrected chi connectivity index (χ0v) is 8.90. The van der Waals surface area contributed by atoms with Gasteiger partial charge in [-0.15, -0.1) is 0 Å². The highest BCUT2D eigenvalue weighted by Gasteiger charge is 2.12. The fourth-order valence-corrected chi connectivity index (χ4v) is 1.54. The van der Waals surface area contributed by atoms with Gasteiger partial charge in [0.2, 0.25) is 5.78 Å². The Bertz CT molecular complexity index is 505. The highest BCUT2D eigenvalue weighted by atomic mass is 35.5. The van der Waals surface area contributed by atoms with Crippen LogP contribution in [0.2, 0.25) is 5.02 Å². The summed E-state index contributed by atoms with van der Waals surface area (Å²) in [6.45, 7) is 0. The summed E-state index contributed by atoms with van der Waals surface area (Å²) < 4.78 is 1.68. The highest BCUT2D eigenvalue weighted by Crippen LogP contribution is 2.14. The van der Waals surface area contributed by atoms with Crippen molar-refractivity contribution in [2.45, 2.75) is 0 Å². The minimum absolute atomic E-state index is 0.0718. The Morgan fingerprint density at radius 1 is 1.47 bits per heavy atom. The number of aryl methyl sites for hydroxylation is 1. The Balaban J connectivity index is 2.41. The maximum Gasteiger partial charge on any atom is 0.211 e. The molecule has 0 fully saturated rings. The van der Waals surface area contributed by atoms with Crippen LogP contribution in [-0.2, 0) is 7.05 Å². The molecule has 1 aromatic carbocycles. The van der Waals surface area contributed by atoms with Gasteiger partial charge in [0.15, 0.2) is 0 Å². The monoisotopic (exact) mass is 220 g/mol. The summed E-state index contributed by atoms with van der Waals surface area (Å²) in [5.41, 5.74) is 1.13. The molecule has 0 unspecified atom stereocenters. The number of nitrogens with zero attached hydrogens (tertiary/aromatic N) is 2. The van der Waals surface area contributed by atoms with Crippen LogP contribution in [0.1, 0.15) is 16.1 Å². The molecule has 0 N–H and O–H groups in total. The molecule has 76 valence electrons. The zero-order chi connectivity index (χ0) is 10.8. The van der Waals surface area contributed by atoms with Crippen LogP contribution in [-0.4, -0.2) is 15.3 Å². The molecule has 0 aliphatic carbocycles. The van der Waals surface area contributed by atoms with Crippen LogP contribution < -0.4 is 0 Å². The van der Waals surface area contributed by atoms with Crippen LogP contribution in [0.15, 0.2) is 36.8 Å². The fraction of sp³-hybridized carbons (Fsp3) is 0.0909. The lowest BCUT2D eigenvalue weighted by Crippen LogP contribution is -2.06. The fourth-order valence-electron chi connectivity index (χ4n) is 1.35. The van der Waals surface area contributed by atoms with Crippen molar-refractivity contribution < 1.29 is 4.79 Å². The molecule has 0 atom stereocenters. The van der Waals surface area contributed by atoms with Crippen LogP contribution >= 0.6 is 11.6 Å². The van der Waals surface area contributed by atoms with Gasteiger partial charge >= 0.3 is 0 Å². The van der Waals surface area contributed by atoms with E-state index in [2.05, 4.69) is 4.98 Å². The maximum absolute atomic E-state index is 12.0. The van der Waals surface area contributed by atoms with Crippen LogP contribution in [0.3, 0.4) is 0 Å². The van der Waals surface area contributed by atoms with Crippen molar-refractivity contribution in [2.24, 2.45) is 7.05 Å². The minimum atomic E-state index is -0.0718. The number of hydrogen-bond acceptors (Lipinski definition) is 2. The van der Waals surface area contributed by atoms with E-state index in [4.69, 9.17) is 11.6 Å². The molecule has 1 heterocycles. The summed E-state index contributed by atoms with van der Waals surface area (Å²) in [7, 11) is 1.78. The van der Waals surface area contributed by atoms with E-state index in [9.17, 15) is 4.79 Å². The van der Waals surface area contributed by atoms with E-state index in [1.807, 2.05) is 0 Å². The number of imidazole rings is 1. The van der Waals surface area contributed by atoms with Crippen molar-refractivity contribution in [1.29, 1.82) is 0 Å². The molecule has 0 amide bonds. The van der Waals surface area contributed by atoms with E-state index in [-0.39, 0.29) is 5.78 Å². The van der Waals surface area contributed by atoms with Crippen LogP contribution in [0.25, 0.3) is 0 Å². The third-order valence-electron chi connectivity index (χ3n) is 2.14. The Morgan fingerprint density at radius 3 is 2.87 bits per heavy atom. The van der Waals surface area contributed by atoms with Crippen LogP contribution in [0.5, 0.6) is 0 Å². The van der Waals surface area contributed by atoms with E-state index in [1.165, 1.54) is 0 Å². The van der Waals surface area contributed by atoms with Gasteiger partial charge in [-0.2, -0.15) is 0 Å². The predicted molar refractivity (Wildman–Crippen MR) is 58.1 cm³/mol. The van der Waals surface area contributed by atoms with Crippen molar-refractivity contribution in [3.8, 4) is 0 Å². The van der Waals surface area contributed by atoms with Gasteiger partial charge in [0.05, 0.1) is 12.5 Å².